The van der Waals surface area contributed by atoms with Crippen LogP contribution in [0.15, 0.2) is 48.5 Å². The first-order valence-electron chi connectivity index (χ1n) is 10.1. The number of rotatable bonds is 4. The second-order valence-corrected chi connectivity index (χ2v) is 8.68. The number of carbonyl (C=O) groups excluding carboxylic acids is 2. The largest absolute Gasteiger partial charge is 0.338 e. The van der Waals surface area contributed by atoms with Crippen molar-refractivity contribution in [3.05, 3.63) is 75.2 Å². The monoisotopic (exact) mass is 420 g/mol. The van der Waals surface area contributed by atoms with Crippen LogP contribution in [-0.4, -0.2) is 40.0 Å². The van der Waals surface area contributed by atoms with Gasteiger partial charge in [-0.15, -0.1) is 10.2 Å². The fourth-order valence-corrected chi connectivity index (χ4v) is 4.49. The van der Waals surface area contributed by atoms with E-state index in [2.05, 4.69) is 15.5 Å². The normalized spacial score (nSPS) is 16.3. The number of carbonyl (C=O) groups is 2. The van der Waals surface area contributed by atoms with Crippen molar-refractivity contribution in [2.75, 3.05) is 18.4 Å². The van der Waals surface area contributed by atoms with Gasteiger partial charge in [-0.1, -0.05) is 47.2 Å². The van der Waals surface area contributed by atoms with E-state index < -0.39 is 0 Å². The van der Waals surface area contributed by atoms with Gasteiger partial charge >= 0.3 is 0 Å². The molecule has 0 spiro atoms. The maximum atomic E-state index is 12.9. The summed E-state index contributed by atoms with van der Waals surface area (Å²) < 4.78 is 0. The predicted octanol–water partition coefficient (Wildman–Crippen LogP) is 4.43. The molecule has 6 nitrogen and oxygen atoms in total. The smallest absolute Gasteiger partial charge is 0.286 e. The summed E-state index contributed by atoms with van der Waals surface area (Å²) in [4.78, 5) is 27.3. The molecule has 2 aromatic carbocycles. The summed E-state index contributed by atoms with van der Waals surface area (Å²) in [6, 6.07) is 15.3. The lowest BCUT2D eigenvalue weighted by atomic mass is 9.98. The highest BCUT2D eigenvalue weighted by atomic mass is 32.1. The molecule has 1 aliphatic heterocycles. The molecule has 0 bridgehead atoms. The number of aryl methyl sites for hydroxylation is 2. The van der Waals surface area contributed by atoms with Crippen LogP contribution in [0.3, 0.4) is 0 Å². The highest BCUT2D eigenvalue weighted by molar-refractivity contribution is 7.13. The molecule has 1 aliphatic rings. The van der Waals surface area contributed by atoms with Crippen molar-refractivity contribution in [3.63, 3.8) is 0 Å². The van der Waals surface area contributed by atoms with Crippen molar-refractivity contribution in [2.45, 2.75) is 32.6 Å². The zero-order valence-corrected chi connectivity index (χ0v) is 17.9. The second kappa shape index (κ2) is 8.75. The van der Waals surface area contributed by atoms with Gasteiger partial charge in [-0.2, -0.15) is 0 Å². The molecule has 0 saturated carbocycles. The minimum absolute atomic E-state index is 0.0433. The van der Waals surface area contributed by atoms with Crippen molar-refractivity contribution in [2.24, 2.45) is 0 Å². The van der Waals surface area contributed by atoms with Gasteiger partial charge in [-0.3, -0.25) is 9.59 Å². The Labute approximate surface area is 180 Å². The number of hydrogen-bond donors (Lipinski definition) is 1. The van der Waals surface area contributed by atoms with Gasteiger partial charge in [0.25, 0.3) is 11.8 Å². The topological polar surface area (TPSA) is 75.2 Å². The van der Waals surface area contributed by atoms with Crippen molar-refractivity contribution >= 4 is 28.8 Å². The average molecular weight is 421 g/mol. The Hall–Kier alpha value is -3.06. The maximum Gasteiger partial charge on any atom is 0.286 e. The summed E-state index contributed by atoms with van der Waals surface area (Å²) >= 11 is 1.31. The molecule has 0 radical (unpaired) electrons. The summed E-state index contributed by atoms with van der Waals surface area (Å²) in [6.07, 6.45) is 1.85. The Kier molecular flexibility index (Phi) is 5.90. The van der Waals surface area contributed by atoms with Crippen LogP contribution in [0.4, 0.5) is 5.69 Å². The Morgan fingerprint density at radius 2 is 1.83 bits per heavy atom. The molecule has 1 saturated heterocycles. The maximum absolute atomic E-state index is 12.9. The third-order valence-electron chi connectivity index (χ3n) is 5.38. The molecule has 1 N–H and O–H groups in total. The van der Waals surface area contributed by atoms with E-state index in [1.807, 2.05) is 67.3 Å². The molecule has 2 amide bonds. The lowest BCUT2D eigenvalue weighted by Gasteiger charge is -2.31. The molecule has 7 heteroatoms. The lowest BCUT2D eigenvalue weighted by molar-refractivity contribution is 0.0706. The summed E-state index contributed by atoms with van der Waals surface area (Å²) in [5, 5.41) is 12.4. The number of aromatic nitrogens is 2. The molecule has 4 rings (SSSR count). The molecule has 0 unspecified atom stereocenters. The van der Waals surface area contributed by atoms with E-state index in [-0.39, 0.29) is 17.7 Å². The first-order valence-corrected chi connectivity index (χ1v) is 10.9. The van der Waals surface area contributed by atoms with Gasteiger partial charge in [0.2, 0.25) is 5.01 Å². The number of para-hydroxylation sites is 1. The van der Waals surface area contributed by atoms with E-state index in [9.17, 15) is 9.59 Å². The van der Waals surface area contributed by atoms with E-state index >= 15 is 0 Å². The van der Waals surface area contributed by atoms with Crippen LogP contribution in [0, 0.1) is 13.8 Å². The Morgan fingerprint density at radius 3 is 2.60 bits per heavy atom. The third kappa shape index (κ3) is 4.41. The minimum Gasteiger partial charge on any atom is -0.338 e. The van der Waals surface area contributed by atoms with Crippen LogP contribution in [-0.2, 0) is 0 Å². The van der Waals surface area contributed by atoms with Gasteiger partial charge in [-0.25, -0.2) is 0 Å². The number of nitrogens with one attached hydrogen (secondary N) is 1. The van der Waals surface area contributed by atoms with Crippen LogP contribution in [0.5, 0.6) is 0 Å². The Balaban J connectivity index is 1.44. The van der Waals surface area contributed by atoms with Crippen LogP contribution < -0.4 is 5.32 Å². The molecule has 0 aliphatic carbocycles. The first kappa shape index (κ1) is 20.2. The van der Waals surface area contributed by atoms with Gasteiger partial charge in [-0.05, 0) is 50.5 Å². The molecular formula is C23H24N4O2S. The molecular weight excluding hydrogens is 396 g/mol. The van der Waals surface area contributed by atoms with Crippen LogP contribution in [0.25, 0.3) is 0 Å². The molecule has 30 heavy (non-hydrogen) atoms. The summed E-state index contributed by atoms with van der Waals surface area (Å²) in [5.41, 5.74) is 3.60. The Morgan fingerprint density at radius 1 is 1.07 bits per heavy atom. The van der Waals surface area contributed by atoms with Crippen molar-refractivity contribution in [3.8, 4) is 0 Å². The number of anilines is 1. The fourth-order valence-electron chi connectivity index (χ4n) is 3.62. The van der Waals surface area contributed by atoms with E-state index in [4.69, 9.17) is 0 Å². The van der Waals surface area contributed by atoms with Gasteiger partial charge in [0, 0.05) is 30.3 Å². The highest BCUT2D eigenvalue weighted by Gasteiger charge is 2.28. The lowest BCUT2D eigenvalue weighted by Crippen LogP contribution is -2.39. The van der Waals surface area contributed by atoms with Crippen LogP contribution in [0.2, 0.25) is 0 Å². The van der Waals surface area contributed by atoms with Gasteiger partial charge < -0.3 is 10.2 Å². The molecule has 3 aromatic rings. The zero-order valence-electron chi connectivity index (χ0n) is 17.1. The van der Waals surface area contributed by atoms with Crippen LogP contribution in [0.1, 0.15) is 55.1 Å². The van der Waals surface area contributed by atoms with Crippen molar-refractivity contribution in [1.29, 1.82) is 0 Å². The van der Waals surface area contributed by atoms with Crippen molar-refractivity contribution in [1.82, 2.24) is 15.1 Å². The minimum atomic E-state index is -0.253. The molecule has 2 heterocycles. The predicted molar refractivity (Wildman–Crippen MR) is 118 cm³/mol. The number of piperidine rings is 1. The number of nitrogens with zero attached hydrogens (tertiary/aromatic N) is 3. The van der Waals surface area contributed by atoms with E-state index in [0.717, 1.165) is 41.2 Å². The standard InChI is InChI=1S/C23H24N4O2S/c1-15-9-11-17(12-10-15)23(29)27-13-5-7-18(14-27)21-25-26-22(30-21)20(28)24-19-8-4-3-6-16(19)2/h3-4,6,8-12,18H,5,7,13-14H2,1-2H3,(H,24,28)/t18-/m0/s1. The SMILES string of the molecule is Cc1ccc(C(=O)N2CCC[C@H](c3nnc(C(=O)Nc4ccccc4C)s3)C2)cc1. The number of benzene rings is 2. The third-order valence-corrected chi connectivity index (χ3v) is 6.47. The van der Waals surface area contributed by atoms with Crippen LogP contribution >= 0.6 is 11.3 Å². The molecule has 1 aromatic heterocycles. The van der Waals surface area contributed by atoms with Gasteiger partial charge in [0.05, 0.1) is 0 Å². The molecule has 154 valence electrons. The first-order chi connectivity index (χ1) is 14.5. The summed E-state index contributed by atoms with van der Waals surface area (Å²) in [6.45, 7) is 5.29. The van der Waals surface area contributed by atoms with Gasteiger partial charge in [0.1, 0.15) is 5.01 Å². The number of likely N-dealkylation sites (tertiary alicyclic amines) is 1. The quantitative estimate of drug-likeness (QED) is 0.678. The van der Waals surface area contributed by atoms with E-state index in [1.165, 1.54) is 11.3 Å². The molecule has 1 atom stereocenters. The highest BCUT2D eigenvalue weighted by Crippen LogP contribution is 2.30. The zero-order chi connectivity index (χ0) is 21.1. The second-order valence-electron chi connectivity index (χ2n) is 7.67. The average Bonchev–Trinajstić information content (AvgIpc) is 3.26. The molecule has 1 fully saturated rings. The summed E-state index contributed by atoms with van der Waals surface area (Å²) in [5.74, 6) is -0.108. The van der Waals surface area contributed by atoms with Gasteiger partial charge in [0.15, 0.2) is 0 Å². The summed E-state index contributed by atoms with van der Waals surface area (Å²) in [7, 11) is 0. The Bertz CT molecular complexity index is 1060. The number of amides is 2. The fraction of sp³-hybridized carbons (Fsp3) is 0.304. The van der Waals surface area contributed by atoms with E-state index in [0.29, 0.717) is 17.1 Å². The van der Waals surface area contributed by atoms with E-state index in [1.54, 1.807) is 0 Å². The number of hydrogen-bond acceptors (Lipinski definition) is 5. The van der Waals surface area contributed by atoms with Crippen molar-refractivity contribution < 1.29 is 9.59 Å².